The standard InChI is InChI=1S/C44H46F6N2O2/c1-2-3-6-11-32-16-18-36(19-17-32)31-52(41(53)21-20-37-27-38(43(45,46)47)30-39(28-37)44(48,49)50)40(29-34-14-9-5-10-15-34)42(54)51-24-22-35(23-25-51)26-33-12-7-4-8-13-33/h4-5,7-10,12-21,27-28,30,35,40H,2-3,6,11,22-26,29,31H2,1H3/t40-/m0/s1. The van der Waals surface area contributed by atoms with Crippen LogP contribution in [-0.4, -0.2) is 40.7 Å². The Morgan fingerprint density at radius 3 is 1.85 bits per heavy atom. The number of carbonyl (C=O) groups excluding carboxylic acids is 2. The van der Waals surface area contributed by atoms with Crippen LogP contribution in [0.3, 0.4) is 0 Å². The maximum Gasteiger partial charge on any atom is 0.416 e. The predicted octanol–water partition coefficient (Wildman–Crippen LogP) is 10.6. The molecule has 286 valence electrons. The molecule has 0 radical (unpaired) electrons. The summed E-state index contributed by atoms with van der Waals surface area (Å²) in [7, 11) is 0. The van der Waals surface area contributed by atoms with E-state index < -0.39 is 41.0 Å². The number of amides is 2. The fourth-order valence-corrected chi connectivity index (χ4v) is 6.95. The third kappa shape index (κ3) is 11.6. The number of halogens is 6. The van der Waals surface area contributed by atoms with Crippen LogP contribution in [-0.2, 0) is 47.7 Å². The average Bonchev–Trinajstić information content (AvgIpc) is 3.16. The number of unbranched alkanes of at least 4 members (excludes halogenated alkanes) is 2. The maximum atomic E-state index is 14.5. The Bertz CT molecular complexity index is 1800. The van der Waals surface area contributed by atoms with E-state index in [9.17, 15) is 35.9 Å². The van der Waals surface area contributed by atoms with Crippen molar-refractivity contribution in [2.45, 2.75) is 83.2 Å². The Morgan fingerprint density at radius 1 is 0.741 bits per heavy atom. The molecule has 10 heteroatoms. The zero-order valence-corrected chi connectivity index (χ0v) is 30.4. The Morgan fingerprint density at radius 2 is 1.30 bits per heavy atom. The fraction of sp³-hybridized carbons (Fsp3) is 0.364. The van der Waals surface area contributed by atoms with Gasteiger partial charge < -0.3 is 9.80 Å². The second kappa shape index (κ2) is 18.5. The average molecular weight is 749 g/mol. The van der Waals surface area contributed by atoms with Gasteiger partial charge in [-0.25, -0.2) is 0 Å². The van der Waals surface area contributed by atoms with E-state index in [2.05, 4.69) is 19.1 Å². The first kappa shape index (κ1) is 40.3. The monoisotopic (exact) mass is 748 g/mol. The van der Waals surface area contributed by atoms with Crippen LogP contribution in [0.1, 0.15) is 78.0 Å². The summed E-state index contributed by atoms with van der Waals surface area (Å²) in [5, 5.41) is 0. The Balaban J connectivity index is 1.47. The van der Waals surface area contributed by atoms with Gasteiger partial charge in [-0.15, -0.1) is 0 Å². The van der Waals surface area contributed by atoms with Crippen LogP contribution in [0.2, 0.25) is 0 Å². The smallest absolute Gasteiger partial charge is 0.341 e. The molecular weight excluding hydrogens is 702 g/mol. The summed E-state index contributed by atoms with van der Waals surface area (Å²) in [6.07, 6.45) is -1.42. The van der Waals surface area contributed by atoms with Crippen LogP contribution in [0.25, 0.3) is 6.08 Å². The van der Waals surface area contributed by atoms with Crippen molar-refractivity contribution in [2.75, 3.05) is 13.1 Å². The lowest BCUT2D eigenvalue weighted by Gasteiger charge is -2.38. The molecule has 54 heavy (non-hydrogen) atoms. The number of hydrogen-bond donors (Lipinski definition) is 0. The molecule has 1 atom stereocenters. The Labute approximate surface area is 313 Å². The summed E-state index contributed by atoms with van der Waals surface area (Å²) >= 11 is 0. The van der Waals surface area contributed by atoms with Gasteiger partial charge >= 0.3 is 12.4 Å². The predicted molar refractivity (Wildman–Crippen MR) is 199 cm³/mol. The van der Waals surface area contributed by atoms with E-state index in [1.54, 1.807) is 4.90 Å². The van der Waals surface area contributed by atoms with Crippen LogP contribution in [0.4, 0.5) is 26.3 Å². The third-order valence-electron chi connectivity index (χ3n) is 9.98. The Hall–Kier alpha value is -4.86. The molecule has 4 aromatic rings. The van der Waals surface area contributed by atoms with Crippen molar-refractivity contribution >= 4 is 17.9 Å². The van der Waals surface area contributed by atoms with Crippen LogP contribution < -0.4 is 0 Å². The van der Waals surface area contributed by atoms with Gasteiger partial charge in [-0.2, -0.15) is 26.3 Å². The maximum absolute atomic E-state index is 14.5. The van der Waals surface area contributed by atoms with Gasteiger partial charge in [0, 0.05) is 32.1 Å². The van der Waals surface area contributed by atoms with E-state index in [4.69, 9.17) is 0 Å². The van der Waals surface area contributed by atoms with E-state index >= 15 is 0 Å². The normalized spacial score (nSPS) is 14.7. The zero-order valence-electron chi connectivity index (χ0n) is 30.4. The molecule has 1 aliphatic heterocycles. The molecule has 0 saturated carbocycles. The number of likely N-dealkylation sites (tertiary alicyclic amines) is 1. The van der Waals surface area contributed by atoms with Crippen molar-refractivity contribution in [3.63, 3.8) is 0 Å². The third-order valence-corrected chi connectivity index (χ3v) is 9.98. The van der Waals surface area contributed by atoms with E-state index in [0.29, 0.717) is 31.1 Å². The lowest BCUT2D eigenvalue weighted by Crippen LogP contribution is -2.53. The topological polar surface area (TPSA) is 40.6 Å². The lowest BCUT2D eigenvalue weighted by atomic mass is 9.89. The van der Waals surface area contributed by atoms with Crippen LogP contribution in [0.15, 0.2) is 109 Å². The highest BCUT2D eigenvalue weighted by atomic mass is 19.4. The molecule has 1 aliphatic rings. The molecule has 5 rings (SSSR count). The van der Waals surface area contributed by atoms with E-state index in [1.807, 2.05) is 72.8 Å². The molecule has 1 heterocycles. The van der Waals surface area contributed by atoms with Crippen LogP contribution in [0, 0.1) is 5.92 Å². The van der Waals surface area contributed by atoms with Gasteiger partial charge in [0.15, 0.2) is 0 Å². The van der Waals surface area contributed by atoms with Gasteiger partial charge in [0.25, 0.3) is 0 Å². The van der Waals surface area contributed by atoms with Crippen molar-refractivity contribution in [3.8, 4) is 0 Å². The molecule has 2 amide bonds. The minimum Gasteiger partial charge on any atom is -0.341 e. The highest BCUT2D eigenvalue weighted by Gasteiger charge is 2.37. The quantitative estimate of drug-likeness (QED) is 0.0732. The van der Waals surface area contributed by atoms with Crippen molar-refractivity contribution in [1.29, 1.82) is 0 Å². The van der Waals surface area contributed by atoms with E-state index in [1.165, 1.54) is 10.5 Å². The highest BCUT2D eigenvalue weighted by Crippen LogP contribution is 2.36. The molecule has 1 saturated heterocycles. The van der Waals surface area contributed by atoms with Gasteiger partial charge in [0.05, 0.1) is 11.1 Å². The van der Waals surface area contributed by atoms with Gasteiger partial charge in [-0.1, -0.05) is 105 Å². The van der Waals surface area contributed by atoms with Crippen LogP contribution in [0.5, 0.6) is 0 Å². The number of piperidine rings is 1. The van der Waals surface area contributed by atoms with Gasteiger partial charge in [-0.3, -0.25) is 9.59 Å². The first-order valence-corrected chi connectivity index (χ1v) is 18.5. The summed E-state index contributed by atoms with van der Waals surface area (Å²) in [6, 6.07) is 27.4. The number of nitrogens with zero attached hydrogens (tertiary/aromatic N) is 2. The number of alkyl halides is 6. The SMILES string of the molecule is CCCCCc1ccc(CN(C(=O)C=Cc2cc(C(F)(F)F)cc(C(F)(F)F)c2)[C@@H](Cc2ccccc2)C(=O)N2CCC(Cc3ccccc3)CC2)cc1. The number of aryl methyl sites for hydroxylation is 1. The molecule has 0 aliphatic carbocycles. The minimum absolute atomic E-state index is 0.00250. The minimum atomic E-state index is -5.04. The molecule has 0 unspecified atom stereocenters. The summed E-state index contributed by atoms with van der Waals surface area (Å²) < 4.78 is 81.7. The Kier molecular flexibility index (Phi) is 13.8. The number of benzene rings is 4. The summed E-state index contributed by atoms with van der Waals surface area (Å²) in [6.45, 7) is 3.13. The second-order valence-electron chi connectivity index (χ2n) is 14.1. The second-order valence-corrected chi connectivity index (χ2v) is 14.1. The van der Waals surface area contributed by atoms with E-state index in [0.717, 1.165) is 73.8 Å². The number of hydrogen-bond acceptors (Lipinski definition) is 2. The van der Waals surface area contributed by atoms with Gasteiger partial charge in [0.1, 0.15) is 6.04 Å². The largest absolute Gasteiger partial charge is 0.416 e. The number of rotatable bonds is 14. The molecule has 0 N–H and O–H groups in total. The molecule has 1 fully saturated rings. The van der Waals surface area contributed by atoms with Gasteiger partial charge in [-0.05, 0) is 90.1 Å². The molecular formula is C44H46F6N2O2. The summed E-state index contributed by atoms with van der Waals surface area (Å²) in [5.41, 5.74) is 0.504. The number of carbonyl (C=O) groups is 2. The van der Waals surface area contributed by atoms with Crippen molar-refractivity contribution < 1.29 is 35.9 Å². The molecule has 0 bridgehead atoms. The first-order valence-electron chi connectivity index (χ1n) is 18.5. The van der Waals surface area contributed by atoms with Gasteiger partial charge in [0.2, 0.25) is 11.8 Å². The highest BCUT2D eigenvalue weighted by molar-refractivity contribution is 5.96. The summed E-state index contributed by atoms with van der Waals surface area (Å²) in [5.74, 6) is -0.579. The molecule has 0 aromatic heterocycles. The zero-order chi connectivity index (χ0) is 38.7. The van der Waals surface area contributed by atoms with Crippen LogP contribution >= 0.6 is 0 Å². The molecule has 4 nitrogen and oxygen atoms in total. The molecule has 0 spiro atoms. The summed E-state index contributed by atoms with van der Waals surface area (Å²) in [4.78, 5) is 31.9. The lowest BCUT2D eigenvalue weighted by molar-refractivity contribution is -0.145. The molecule has 4 aromatic carbocycles. The first-order chi connectivity index (χ1) is 25.8. The van der Waals surface area contributed by atoms with Crippen molar-refractivity contribution in [2.24, 2.45) is 5.92 Å². The van der Waals surface area contributed by atoms with Crippen molar-refractivity contribution in [1.82, 2.24) is 9.80 Å². The van der Waals surface area contributed by atoms with Crippen molar-refractivity contribution in [3.05, 3.63) is 148 Å². The fourth-order valence-electron chi connectivity index (χ4n) is 6.95. The van der Waals surface area contributed by atoms with E-state index in [-0.39, 0.29) is 24.9 Å².